The average molecular weight is 357 g/mol. The molecule has 2 aromatic heterocycles. The number of nitrogens with one attached hydrogen (secondary N) is 2. The number of amides is 1. The van der Waals surface area contributed by atoms with Gasteiger partial charge in [-0.05, 0) is 46.8 Å². The molecule has 1 fully saturated rings. The number of carbonyl (C=O) groups is 1. The molecule has 0 saturated carbocycles. The van der Waals surface area contributed by atoms with Crippen LogP contribution >= 0.6 is 27.3 Å². The largest absolute Gasteiger partial charge is 0.344 e. The Balaban J connectivity index is 1.61. The van der Waals surface area contributed by atoms with Gasteiger partial charge in [-0.15, -0.1) is 11.3 Å². The van der Waals surface area contributed by atoms with Gasteiger partial charge >= 0.3 is 0 Å². The van der Waals surface area contributed by atoms with Crippen molar-refractivity contribution < 1.29 is 9.32 Å². The Morgan fingerprint density at radius 2 is 2.55 bits per heavy atom. The molecular weight excluding hydrogens is 344 g/mol. The number of nitrogens with zero attached hydrogens (tertiary/aromatic N) is 2. The maximum absolute atomic E-state index is 12.0. The summed E-state index contributed by atoms with van der Waals surface area (Å²) in [7, 11) is 0. The van der Waals surface area contributed by atoms with Crippen LogP contribution in [0, 0.1) is 0 Å². The molecule has 0 aliphatic carbocycles. The van der Waals surface area contributed by atoms with Crippen molar-refractivity contribution in [1.82, 2.24) is 20.8 Å². The number of halogens is 1. The van der Waals surface area contributed by atoms with Crippen LogP contribution in [0.5, 0.6) is 0 Å². The minimum atomic E-state index is -0.321. The van der Waals surface area contributed by atoms with Gasteiger partial charge in [0, 0.05) is 9.35 Å². The van der Waals surface area contributed by atoms with Crippen molar-refractivity contribution in [2.24, 2.45) is 0 Å². The van der Waals surface area contributed by atoms with Crippen LogP contribution in [0.25, 0.3) is 0 Å². The van der Waals surface area contributed by atoms with Crippen molar-refractivity contribution in [2.45, 2.75) is 25.4 Å². The molecule has 1 aliphatic heterocycles. The van der Waals surface area contributed by atoms with E-state index in [0.29, 0.717) is 12.4 Å². The van der Waals surface area contributed by atoms with E-state index in [1.54, 1.807) is 11.3 Å². The summed E-state index contributed by atoms with van der Waals surface area (Å²) >= 11 is 5.00. The van der Waals surface area contributed by atoms with Gasteiger partial charge in [-0.25, -0.2) is 0 Å². The summed E-state index contributed by atoms with van der Waals surface area (Å²) in [6, 6.07) is 2.03. The Morgan fingerprint density at radius 1 is 1.65 bits per heavy atom. The molecule has 8 heteroatoms. The van der Waals surface area contributed by atoms with E-state index >= 15 is 0 Å². The summed E-state index contributed by atoms with van der Waals surface area (Å²) in [5.41, 5.74) is 0. The highest BCUT2D eigenvalue weighted by atomic mass is 79.9. The SMILES string of the molecule is O=C(NCc1sccc1Br)c1noc(C2CCCN2)n1. The molecule has 106 valence electrons. The van der Waals surface area contributed by atoms with Gasteiger partial charge in [-0.3, -0.25) is 4.79 Å². The Bertz CT molecular complexity index is 606. The van der Waals surface area contributed by atoms with E-state index in [-0.39, 0.29) is 17.8 Å². The van der Waals surface area contributed by atoms with Gasteiger partial charge in [0.2, 0.25) is 5.89 Å². The molecule has 0 spiro atoms. The van der Waals surface area contributed by atoms with Crippen LogP contribution in [0.4, 0.5) is 0 Å². The zero-order valence-corrected chi connectivity index (χ0v) is 13.0. The van der Waals surface area contributed by atoms with Gasteiger partial charge in [0.1, 0.15) is 0 Å². The van der Waals surface area contributed by atoms with Crippen molar-refractivity contribution in [2.75, 3.05) is 6.54 Å². The first-order chi connectivity index (χ1) is 9.74. The highest BCUT2D eigenvalue weighted by molar-refractivity contribution is 9.10. The summed E-state index contributed by atoms with van der Waals surface area (Å²) in [4.78, 5) is 17.2. The molecule has 0 bridgehead atoms. The molecule has 3 rings (SSSR count). The zero-order valence-electron chi connectivity index (χ0n) is 10.6. The number of carbonyl (C=O) groups excluding carboxylic acids is 1. The topological polar surface area (TPSA) is 80.0 Å². The molecule has 2 aromatic rings. The molecule has 20 heavy (non-hydrogen) atoms. The highest BCUT2D eigenvalue weighted by Gasteiger charge is 2.24. The fraction of sp³-hybridized carbons (Fsp3) is 0.417. The molecule has 1 saturated heterocycles. The zero-order chi connectivity index (χ0) is 13.9. The van der Waals surface area contributed by atoms with E-state index in [2.05, 4.69) is 36.7 Å². The molecule has 2 N–H and O–H groups in total. The van der Waals surface area contributed by atoms with E-state index in [4.69, 9.17) is 4.52 Å². The number of thiophene rings is 1. The van der Waals surface area contributed by atoms with Crippen molar-refractivity contribution in [3.63, 3.8) is 0 Å². The minimum absolute atomic E-state index is 0.0792. The Kier molecular flexibility index (Phi) is 4.13. The van der Waals surface area contributed by atoms with Crippen molar-refractivity contribution in [3.05, 3.63) is 32.5 Å². The molecule has 1 amide bonds. The van der Waals surface area contributed by atoms with Crippen molar-refractivity contribution in [3.8, 4) is 0 Å². The lowest BCUT2D eigenvalue weighted by atomic mass is 10.2. The van der Waals surface area contributed by atoms with E-state index in [1.165, 1.54) is 0 Å². The van der Waals surface area contributed by atoms with Crippen LogP contribution in [0.1, 0.15) is 40.3 Å². The van der Waals surface area contributed by atoms with Crippen molar-refractivity contribution >= 4 is 33.2 Å². The van der Waals surface area contributed by atoms with E-state index in [0.717, 1.165) is 28.7 Å². The van der Waals surface area contributed by atoms with Gasteiger partial charge in [-0.1, -0.05) is 5.16 Å². The summed E-state index contributed by atoms with van der Waals surface area (Å²) in [6.07, 6.45) is 2.05. The van der Waals surface area contributed by atoms with Crippen molar-refractivity contribution in [1.29, 1.82) is 0 Å². The monoisotopic (exact) mass is 356 g/mol. The van der Waals surface area contributed by atoms with Crippen LogP contribution in [0.3, 0.4) is 0 Å². The van der Waals surface area contributed by atoms with Crippen LogP contribution in [0.2, 0.25) is 0 Å². The number of rotatable bonds is 4. The van der Waals surface area contributed by atoms with Crippen LogP contribution in [-0.4, -0.2) is 22.6 Å². The third-order valence-corrected chi connectivity index (χ3v) is 5.03. The number of hydrogen-bond donors (Lipinski definition) is 2. The van der Waals surface area contributed by atoms with E-state index in [1.807, 2.05) is 11.4 Å². The first-order valence-electron chi connectivity index (χ1n) is 6.31. The normalized spacial score (nSPS) is 18.4. The fourth-order valence-corrected chi connectivity index (χ4v) is 3.49. The van der Waals surface area contributed by atoms with Crippen LogP contribution < -0.4 is 10.6 Å². The summed E-state index contributed by atoms with van der Waals surface area (Å²) in [6.45, 7) is 1.39. The quantitative estimate of drug-likeness (QED) is 0.877. The van der Waals surface area contributed by atoms with Crippen LogP contribution in [-0.2, 0) is 6.54 Å². The third-order valence-electron chi connectivity index (χ3n) is 3.10. The first kappa shape index (κ1) is 13.7. The molecule has 0 radical (unpaired) electrons. The second-order valence-corrected chi connectivity index (χ2v) is 6.33. The molecule has 1 atom stereocenters. The smallest absolute Gasteiger partial charge is 0.292 e. The number of hydrogen-bond acceptors (Lipinski definition) is 6. The Labute approximate surface area is 128 Å². The summed E-state index contributed by atoms with van der Waals surface area (Å²) in [5.74, 6) is 0.254. The van der Waals surface area contributed by atoms with Gasteiger partial charge in [-0.2, -0.15) is 4.98 Å². The van der Waals surface area contributed by atoms with Gasteiger partial charge in [0.25, 0.3) is 11.7 Å². The lowest BCUT2D eigenvalue weighted by molar-refractivity contribution is 0.0938. The lowest BCUT2D eigenvalue weighted by Crippen LogP contribution is -2.24. The number of aromatic nitrogens is 2. The maximum atomic E-state index is 12.0. The standard InChI is InChI=1S/C12H13BrN4O2S/c13-7-3-5-20-9(7)6-15-11(18)10-16-12(19-17-10)8-2-1-4-14-8/h3,5,8,14H,1-2,4,6H2,(H,15,18). The molecule has 1 aliphatic rings. The Morgan fingerprint density at radius 3 is 3.25 bits per heavy atom. The molecule has 3 heterocycles. The second-order valence-electron chi connectivity index (χ2n) is 4.48. The third kappa shape index (κ3) is 2.92. The predicted molar refractivity (Wildman–Crippen MR) is 77.5 cm³/mol. The molecule has 6 nitrogen and oxygen atoms in total. The van der Waals surface area contributed by atoms with Gasteiger partial charge in [0.15, 0.2) is 0 Å². The average Bonchev–Trinajstić information content (AvgIpc) is 3.17. The van der Waals surface area contributed by atoms with Gasteiger partial charge in [0.05, 0.1) is 12.6 Å². The van der Waals surface area contributed by atoms with E-state index in [9.17, 15) is 4.79 Å². The minimum Gasteiger partial charge on any atom is -0.344 e. The predicted octanol–water partition coefficient (Wildman–Crippen LogP) is 2.25. The summed E-state index contributed by atoms with van der Waals surface area (Å²) in [5, 5.41) is 11.7. The Hall–Kier alpha value is -1.25. The second kappa shape index (κ2) is 6.02. The summed E-state index contributed by atoms with van der Waals surface area (Å²) < 4.78 is 6.13. The molecule has 1 unspecified atom stereocenters. The van der Waals surface area contributed by atoms with E-state index < -0.39 is 0 Å². The highest BCUT2D eigenvalue weighted by Crippen LogP contribution is 2.23. The maximum Gasteiger partial charge on any atom is 0.292 e. The lowest BCUT2D eigenvalue weighted by Gasteiger charge is -2.02. The molecular formula is C12H13BrN4O2S. The molecule has 0 aromatic carbocycles. The van der Waals surface area contributed by atoms with Crippen LogP contribution in [0.15, 0.2) is 20.4 Å². The first-order valence-corrected chi connectivity index (χ1v) is 7.98. The fourth-order valence-electron chi connectivity index (χ4n) is 2.06. The van der Waals surface area contributed by atoms with Gasteiger partial charge < -0.3 is 15.2 Å².